The first kappa shape index (κ1) is 27.8. The van der Waals surface area contributed by atoms with Crippen LogP contribution in [0.2, 0.25) is 0 Å². The van der Waals surface area contributed by atoms with Crippen molar-refractivity contribution in [1.29, 1.82) is 0 Å². The third kappa shape index (κ3) is 3.37. The van der Waals surface area contributed by atoms with Crippen LogP contribution in [0.4, 0.5) is 0 Å². The van der Waals surface area contributed by atoms with Crippen LogP contribution in [0.3, 0.4) is 0 Å². The Hall–Kier alpha value is -1.97. The highest BCUT2D eigenvalue weighted by molar-refractivity contribution is 5.89. The molecule has 5 fully saturated rings. The van der Waals surface area contributed by atoms with E-state index in [0.717, 1.165) is 38.8 Å². The molecule has 2 saturated heterocycles. The molecule has 0 N–H and O–H groups in total. The maximum atomic E-state index is 13.6. The summed E-state index contributed by atoms with van der Waals surface area (Å²) >= 11 is 0. The summed E-state index contributed by atoms with van der Waals surface area (Å²) < 4.78 is 37.7. The zero-order valence-corrected chi connectivity index (χ0v) is 25.3. The van der Waals surface area contributed by atoms with Gasteiger partial charge in [0.25, 0.3) is 0 Å². The largest absolute Gasteiger partial charge is 0.497 e. The summed E-state index contributed by atoms with van der Waals surface area (Å²) in [7, 11) is 7.14. The van der Waals surface area contributed by atoms with E-state index in [1.165, 1.54) is 5.57 Å². The van der Waals surface area contributed by atoms with Gasteiger partial charge in [-0.25, -0.2) is 4.79 Å². The fourth-order valence-electron chi connectivity index (χ4n) is 10.9. The second kappa shape index (κ2) is 9.78. The molecule has 6 aliphatic rings. The summed E-state index contributed by atoms with van der Waals surface area (Å²) in [5, 5.41) is 0. The molecular formula is C33H45NO7. The quantitative estimate of drug-likeness (QED) is 0.340. The molecule has 1 aromatic carbocycles. The van der Waals surface area contributed by atoms with Crippen LogP contribution in [0.25, 0.3) is 0 Å². The summed E-state index contributed by atoms with van der Waals surface area (Å²) in [5.74, 6) is 0.872. The fourth-order valence-corrected chi connectivity index (χ4v) is 10.9. The predicted octanol–water partition coefficient (Wildman–Crippen LogP) is 4.33. The van der Waals surface area contributed by atoms with Gasteiger partial charge in [0.05, 0.1) is 37.6 Å². The van der Waals surface area contributed by atoms with Gasteiger partial charge in [-0.15, -0.1) is 0 Å². The van der Waals surface area contributed by atoms with E-state index < -0.39 is 0 Å². The second-order valence-corrected chi connectivity index (χ2v) is 13.4. The van der Waals surface area contributed by atoms with Gasteiger partial charge < -0.3 is 28.4 Å². The number of ether oxygens (including phenoxy) is 6. The third-order valence-electron chi connectivity index (χ3n) is 12.5. The van der Waals surface area contributed by atoms with Crippen LogP contribution in [0.5, 0.6) is 5.75 Å². The summed E-state index contributed by atoms with van der Waals surface area (Å²) in [5.41, 5.74) is 1.34. The Kier molecular flexibility index (Phi) is 6.64. The Morgan fingerprint density at radius 3 is 2.56 bits per heavy atom. The first-order valence-electron chi connectivity index (χ1n) is 15.3. The van der Waals surface area contributed by atoms with Crippen molar-refractivity contribution < 1.29 is 33.2 Å². The second-order valence-electron chi connectivity index (χ2n) is 13.4. The number of methoxy groups -OCH3 is 4. The van der Waals surface area contributed by atoms with Gasteiger partial charge in [-0.2, -0.15) is 0 Å². The summed E-state index contributed by atoms with van der Waals surface area (Å²) in [6, 6.07) is 7.19. The first-order chi connectivity index (χ1) is 19.8. The molecule has 7 bridgehead atoms. The van der Waals surface area contributed by atoms with Gasteiger partial charge in [0, 0.05) is 56.0 Å². The van der Waals surface area contributed by atoms with E-state index in [2.05, 4.69) is 24.8 Å². The molecule has 224 valence electrons. The van der Waals surface area contributed by atoms with Gasteiger partial charge >= 0.3 is 5.97 Å². The SMILES string of the molecule is CCN1C[C@]2(COC)CC[C@H](OC)C34C5CC6[C@H](OC(=O)c7ccc(OC)cc7)C5C(=CC(OC13)[C@@]42C)C[C@@H]6OC. The van der Waals surface area contributed by atoms with Crippen LogP contribution in [-0.2, 0) is 23.7 Å². The number of likely N-dealkylation sites (tertiary alicyclic amines) is 1. The summed E-state index contributed by atoms with van der Waals surface area (Å²) in [4.78, 5) is 16.2. The standard InChI is InChI=1S/C33H45NO7/c1-7-34-17-32(18-36-3)13-12-25(39-6)33-23-16-22-24(38-5)14-20(15-26(31(32,33)2)40-30(33)34)27(23)28(22)41-29(35)19-8-10-21(37-4)11-9-19/h8-11,15,22-28,30H,7,12-14,16-18H2,1-6H3/t22?,23?,24-,25-,26?,27?,28-,30?,31+,32-,33?/m0/s1. The molecular weight excluding hydrogens is 522 g/mol. The van der Waals surface area contributed by atoms with E-state index in [1.54, 1.807) is 26.4 Å². The number of carbonyl (C=O) groups is 1. The van der Waals surface area contributed by atoms with Crippen LogP contribution in [0, 0.1) is 34.0 Å². The van der Waals surface area contributed by atoms with Gasteiger partial charge in [0.1, 0.15) is 18.1 Å². The molecule has 8 heteroatoms. The number of hydrogen-bond donors (Lipinski definition) is 0. The normalized spacial score (nSPS) is 45.7. The van der Waals surface area contributed by atoms with Gasteiger partial charge in [-0.05, 0) is 62.4 Å². The average molecular weight is 568 g/mol. The van der Waals surface area contributed by atoms with E-state index in [-0.39, 0.29) is 70.6 Å². The van der Waals surface area contributed by atoms with Crippen molar-refractivity contribution in [2.24, 2.45) is 34.0 Å². The smallest absolute Gasteiger partial charge is 0.338 e. The van der Waals surface area contributed by atoms with Crippen molar-refractivity contribution >= 4 is 5.97 Å². The van der Waals surface area contributed by atoms with Crippen LogP contribution in [0.1, 0.15) is 49.9 Å². The highest BCUT2D eigenvalue weighted by Gasteiger charge is 2.83. The number of fused-ring (bicyclic) bond motifs is 1. The molecule has 11 atom stereocenters. The maximum Gasteiger partial charge on any atom is 0.338 e. The molecule has 4 aliphatic carbocycles. The molecule has 2 heterocycles. The van der Waals surface area contributed by atoms with Crippen molar-refractivity contribution in [2.45, 2.75) is 70.2 Å². The number of carbonyl (C=O) groups excluding carboxylic acids is 1. The third-order valence-corrected chi connectivity index (χ3v) is 12.5. The molecule has 0 aromatic heterocycles. The van der Waals surface area contributed by atoms with Crippen LogP contribution in [0.15, 0.2) is 35.9 Å². The van der Waals surface area contributed by atoms with Crippen molar-refractivity contribution in [1.82, 2.24) is 4.90 Å². The molecule has 0 radical (unpaired) electrons. The maximum absolute atomic E-state index is 13.6. The minimum atomic E-state index is -0.287. The van der Waals surface area contributed by atoms with E-state index >= 15 is 0 Å². The van der Waals surface area contributed by atoms with Crippen molar-refractivity contribution in [2.75, 3.05) is 48.1 Å². The molecule has 41 heavy (non-hydrogen) atoms. The monoisotopic (exact) mass is 567 g/mol. The minimum Gasteiger partial charge on any atom is -0.497 e. The minimum absolute atomic E-state index is 0.00619. The number of esters is 1. The molecule has 7 rings (SSSR count). The summed E-state index contributed by atoms with van der Waals surface area (Å²) in [6.45, 7) is 7.29. The van der Waals surface area contributed by atoms with E-state index in [9.17, 15) is 4.79 Å². The molecule has 8 nitrogen and oxygen atoms in total. The van der Waals surface area contributed by atoms with E-state index in [1.807, 2.05) is 26.4 Å². The van der Waals surface area contributed by atoms with Gasteiger partial charge in [0.2, 0.25) is 0 Å². The Bertz CT molecular complexity index is 1220. The Morgan fingerprint density at radius 2 is 1.90 bits per heavy atom. The van der Waals surface area contributed by atoms with E-state index in [4.69, 9.17) is 28.4 Å². The molecule has 0 spiro atoms. The topological polar surface area (TPSA) is 75.7 Å². The highest BCUT2D eigenvalue weighted by Crippen LogP contribution is 2.79. The summed E-state index contributed by atoms with van der Waals surface area (Å²) in [6.07, 6.45) is 5.86. The van der Waals surface area contributed by atoms with Crippen LogP contribution >= 0.6 is 0 Å². The Morgan fingerprint density at radius 1 is 1.12 bits per heavy atom. The number of benzene rings is 1. The number of nitrogens with zero attached hydrogens (tertiary/aromatic N) is 1. The molecule has 0 amide bonds. The van der Waals surface area contributed by atoms with Crippen molar-refractivity contribution in [3.8, 4) is 5.75 Å². The highest BCUT2D eigenvalue weighted by atomic mass is 16.6. The lowest BCUT2D eigenvalue weighted by Gasteiger charge is -2.69. The van der Waals surface area contributed by atoms with Gasteiger partial charge in [-0.3, -0.25) is 4.90 Å². The van der Waals surface area contributed by atoms with Crippen molar-refractivity contribution in [3.05, 3.63) is 41.5 Å². The Balaban J connectivity index is 1.37. The van der Waals surface area contributed by atoms with E-state index in [0.29, 0.717) is 17.9 Å². The van der Waals surface area contributed by atoms with Crippen LogP contribution < -0.4 is 4.74 Å². The fraction of sp³-hybridized carbons (Fsp3) is 0.727. The lowest BCUT2D eigenvalue weighted by molar-refractivity contribution is -0.279. The van der Waals surface area contributed by atoms with Gasteiger partial charge in [-0.1, -0.05) is 25.5 Å². The van der Waals surface area contributed by atoms with Gasteiger partial charge in [0.15, 0.2) is 0 Å². The number of piperidine rings is 1. The van der Waals surface area contributed by atoms with Crippen LogP contribution in [-0.4, -0.2) is 89.6 Å². The molecule has 3 saturated carbocycles. The number of hydrogen-bond acceptors (Lipinski definition) is 8. The zero-order valence-electron chi connectivity index (χ0n) is 25.3. The first-order valence-corrected chi connectivity index (χ1v) is 15.3. The lowest BCUT2D eigenvalue weighted by Crippen LogP contribution is -2.75. The zero-order chi connectivity index (χ0) is 28.7. The predicted molar refractivity (Wildman–Crippen MR) is 152 cm³/mol. The average Bonchev–Trinajstić information content (AvgIpc) is 3.32. The molecule has 1 aromatic rings. The lowest BCUT2D eigenvalue weighted by atomic mass is 9.38. The molecule has 2 aliphatic heterocycles. The Labute approximate surface area is 243 Å². The molecule has 6 unspecified atom stereocenters. The van der Waals surface area contributed by atoms with Crippen molar-refractivity contribution in [3.63, 3.8) is 0 Å². The number of rotatable bonds is 8.